The first-order chi connectivity index (χ1) is 12.0. The number of anilines is 1. The molecule has 0 atom stereocenters. The number of benzene rings is 2. The van der Waals surface area contributed by atoms with Gasteiger partial charge in [0.05, 0.1) is 0 Å². The van der Waals surface area contributed by atoms with Gasteiger partial charge >= 0.3 is 0 Å². The third-order valence-corrected chi connectivity index (χ3v) is 3.72. The van der Waals surface area contributed by atoms with E-state index in [4.69, 9.17) is 9.47 Å². The average molecular weight is 344 g/mol. The molecule has 1 N–H and O–H groups in total. The van der Waals surface area contributed by atoms with Crippen molar-refractivity contribution in [2.75, 3.05) is 18.7 Å². The zero-order valence-corrected chi connectivity index (χ0v) is 13.6. The molecule has 0 spiro atoms. The topological polar surface area (TPSA) is 67.9 Å². The van der Waals surface area contributed by atoms with Gasteiger partial charge in [-0.1, -0.05) is 6.07 Å². The molecule has 130 valence electrons. The van der Waals surface area contributed by atoms with Crippen molar-refractivity contribution < 1.29 is 23.5 Å². The van der Waals surface area contributed by atoms with Crippen molar-refractivity contribution in [3.05, 3.63) is 53.8 Å². The van der Waals surface area contributed by atoms with Gasteiger partial charge in [-0.05, 0) is 42.0 Å². The number of amides is 2. The molecule has 1 aliphatic rings. The van der Waals surface area contributed by atoms with Crippen molar-refractivity contribution in [3.8, 4) is 11.5 Å². The molecule has 0 radical (unpaired) electrons. The summed E-state index contributed by atoms with van der Waals surface area (Å²) in [6, 6.07) is 10.8. The lowest BCUT2D eigenvalue weighted by Gasteiger charge is -2.21. The predicted molar refractivity (Wildman–Crippen MR) is 88.7 cm³/mol. The second-order valence-corrected chi connectivity index (χ2v) is 5.62. The van der Waals surface area contributed by atoms with Gasteiger partial charge in [-0.3, -0.25) is 9.59 Å². The van der Waals surface area contributed by atoms with E-state index >= 15 is 0 Å². The van der Waals surface area contributed by atoms with Crippen molar-refractivity contribution in [1.82, 2.24) is 4.90 Å². The highest BCUT2D eigenvalue weighted by molar-refractivity contribution is 5.94. The SMILES string of the molecule is CC(=O)N(CC(=O)Nc1ccc(F)cc1)Cc1ccc2c(c1)OCO2. The van der Waals surface area contributed by atoms with Crippen LogP contribution in [0.5, 0.6) is 11.5 Å². The number of carbonyl (C=O) groups is 2. The Hall–Kier alpha value is -3.09. The molecule has 0 saturated carbocycles. The zero-order chi connectivity index (χ0) is 17.8. The van der Waals surface area contributed by atoms with Crippen LogP contribution < -0.4 is 14.8 Å². The quantitative estimate of drug-likeness (QED) is 0.905. The number of carbonyl (C=O) groups excluding carboxylic acids is 2. The summed E-state index contributed by atoms with van der Waals surface area (Å²) in [5.74, 6) is 0.310. The van der Waals surface area contributed by atoms with Crippen LogP contribution >= 0.6 is 0 Å². The first-order valence-electron chi connectivity index (χ1n) is 7.71. The first-order valence-corrected chi connectivity index (χ1v) is 7.71. The van der Waals surface area contributed by atoms with Gasteiger partial charge in [-0.2, -0.15) is 0 Å². The molecule has 0 fully saturated rings. The molecule has 0 aliphatic carbocycles. The van der Waals surface area contributed by atoms with Gasteiger partial charge in [0.15, 0.2) is 11.5 Å². The Morgan fingerprint density at radius 1 is 1.12 bits per heavy atom. The minimum atomic E-state index is -0.383. The van der Waals surface area contributed by atoms with Crippen LogP contribution in [0, 0.1) is 5.82 Å². The minimum absolute atomic E-state index is 0.110. The van der Waals surface area contributed by atoms with E-state index in [1.165, 1.54) is 36.1 Å². The van der Waals surface area contributed by atoms with E-state index in [1.54, 1.807) is 12.1 Å². The molecule has 2 aromatic carbocycles. The minimum Gasteiger partial charge on any atom is -0.454 e. The van der Waals surface area contributed by atoms with Crippen molar-refractivity contribution in [3.63, 3.8) is 0 Å². The molecule has 1 aliphatic heterocycles. The lowest BCUT2D eigenvalue weighted by molar-refractivity contribution is -0.133. The van der Waals surface area contributed by atoms with Crippen LogP contribution in [-0.4, -0.2) is 30.1 Å². The van der Waals surface area contributed by atoms with E-state index in [9.17, 15) is 14.0 Å². The van der Waals surface area contributed by atoms with Gasteiger partial charge in [0.25, 0.3) is 0 Å². The molecule has 2 amide bonds. The number of nitrogens with zero attached hydrogens (tertiary/aromatic N) is 1. The van der Waals surface area contributed by atoms with Gasteiger partial charge in [0.1, 0.15) is 12.4 Å². The van der Waals surface area contributed by atoms with E-state index in [1.807, 2.05) is 6.07 Å². The average Bonchev–Trinajstić information content (AvgIpc) is 3.04. The maximum Gasteiger partial charge on any atom is 0.244 e. The van der Waals surface area contributed by atoms with Crippen LogP contribution in [0.1, 0.15) is 12.5 Å². The summed E-state index contributed by atoms with van der Waals surface area (Å²) in [5.41, 5.74) is 1.30. The third-order valence-electron chi connectivity index (χ3n) is 3.72. The van der Waals surface area contributed by atoms with Crippen molar-refractivity contribution in [2.45, 2.75) is 13.5 Å². The molecule has 6 nitrogen and oxygen atoms in total. The Morgan fingerprint density at radius 3 is 2.56 bits per heavy atom. The van der Waals surface area contributed by atoms with Gasteiger partial charge in [-0.15, -0.1) is 0 Å². The molecular weight excluding hydrogens is 327 g/mol. The van der Waals surface area contributed by atoms with E-state index in [0.29, 0.717) is 17.2 Å². The fourth-order valence-electron chi connectivity index (χ4n) is 2.45. The highest BCUT2D eigenvalue weighted by Crippen LogP contribution is 2.32. The number of fused-ring (bicyclic) bond motifs is 1. The number of hydrogen-bond donors (Lipinski definition) is 1. The second kappa shape index (κ2) is 7.21. The standard InChI is InChI=1S/C18H17FN2O4/c1-12(22)21(9-13-2-7-16-17(8-13)25-11-24-16)10-18(23)20-15-5-3-14(19)4-6-15/h2-8H,9-11H2,1H3,(H,20,23). The maximum absolute atomic E-state index is 12.9. The Morgan fingerprint density at radius 2 is 1.84 bits per heavy atom. The smallest absolute Gasteiger partial charge is 0.244 e. The Kier molecular flexibility index (Phi) is 4.83. The molecule has 3 rings (SSSR count). The van der Waals surface area contributed by atoms with E-state index < -0.39 is 0 Å². The number of ether oxygens (including phenoxy) is 2. The molecule has 2 aromatic rings. The van der Waals surface area contributed by atoms with Crippen LogP contribution in [0.25, 0.3) is 0 Å². The summed E-state index contributed by atoms with van der Waals surface area (Å²) in [6.07, 6.45) is 0. The van der Waals surface area contributed by atoms with Gasteiger partial charge < -0.3 is 19.7 Å². The van der Waals surface area contributed by atoms with Gasteiger partial charge in [0.2, 0.25) is 18.6 Å². The zero-order valence-electron chi connectivity index (χ0n) is 13.6. The van der Waals surface area contributed by atoms with Crippen molar-refractivity contribution >= 4 is 17.5 Å². The van der Waals surface area contributed by atoms with Gasteiger partial charge in [-0.25, -0.2) is 4.39 Å². The Balaban J connectivity index is 1.63. The number of halogens is 1. The Bertz CT molecular complexity index is 792. The molecule has 0 bridgehead atoms. The summed E-state index contributed by atoms with van der Waals surface area (Å²) in [6.45, 7) is 1.73. The molecule has 0 saturated heterocycles. The summed E-state index contributed by atoms with van der Waals surface area (Å²) >= 11 is 0. The van der Waals surface area contributed by atoms with Crippen molar-refractivity contribution in [2.24, 2.45) is 0 Å². The summed E-state index contributed by atoms with van der Waals surface area (Å²) in [4.78, 5) is 25.4. The first kappa shape index (κ1) is 16.8. The third kappa shape index (κ3) is 4.26. The van der Waals surface area contributed by atoms with Crippen molar-refractivity contribution in [1.29, 1.82) is 0 Å². The lowest BCUT2D eigenvalue weighted by atomic mass is 10.2. The summed E-state index contributed by atoms with van der Waals surface area (Å²) in [5, 5.41) is 2.64. The number of hydrogen-bond acceptors (Lipinski definition) is 4. The monoisotopic (exact) mass is 344 g/mol. The largest absolute Gasteiger partial charge is 0.454 e. The van der Waals surface area contributed by atoms with E-state index in [-0.39, 0.29) is 37.5 Å². The van der Waals surface area contributed by atoms with Crippen LogP contribution in [0.2, 0.25) is 0 Å². The van der Waals surface area contributed by atoms with Gasteiger partial charge in [0, 0.05) is 19.2 Å². The fourth-order valence-corrected chi connectivity index (χ4v) is 2.45. The predicted octanol–water partition coefficient (Wildman–Crippen LogP) is 2.54. The molecule has 0 unspecified atom stereocenters. The maximum atomic E-state index is 12.9. The van der Waals surface area contributed by atoms with Crippen LogP contribution in [0.15, 0.2) is 42.5 Å². The molecular formula is C18H17FN2O4. The second-order valence-electron chi connectivity index (χ2n) is 5.62. The van der Waals surface area contributed by atoms with E-state index in [2.05, 4.69) is 5.32 Å². The normalized spacial score (nSPS) is 11.9. The van der Waals surface area contributed by atoms with Crippen LogP contribution in [0.3, 0.4) is 0 Å². The number of nitrogens with one attached hydrogen (secondary N) is 1. The highest BCUT2D eigenvalue weighted by atomic mass is 19.1. The summed E-state index contributed by atoms with van der Waals surface area (Å²) in [7, 11) is 0. The Labute approximate surface area is 144 Å². The lowest BCUT2D eigenvalue weighted by Crippen LogP contribution is -2.36. The fraction of sp³-hybridized carbons (Fsp3) is 0.222. The summed E-state index contributed by atoms with van der Waals surface area (Å²) < 4.78 is 23.5. The van der Waals surface area contributed by atoms with Crippen LogP contribution in [-0.2, 0) is 16.1 Å². The molecule has 25 heavy (non-hydrogen) atoms. The van der Waals surface area contributed by atoms with E-state index in [0.717, 1.165) is 5.56 Å². The molecule has 1 heterocycles. The number of rotatable bonds is 5. The molecule has 0 aromatic heterocycles. The van der Waals surface area contributed by atoms with Crippen LogP contribution in [0.4, 0.5) is 10.1 Å². The highest BCUT2D eigenvalue weighted by Gasteiger charge is 2.17. The molecule has 7 heteroatoms.